The van der Waals surface area contributed by atoms with Gasteiger partial charge in [-0.25, -0.2) is 0 Å². The maximum Gasteiger partial charge on any atom is 0.324 e. The average Bonchev–Trinajstić information content (AvgIpc) is 3.15. The number of rotatable bonds is 7. The van der Waals surface area contributed by atoms with E-state index in [9.17, 15) is 9.59 Å². The Morgan fingerprint density at radius 1 is 0.903 bits per heavy atom. The lowest BCUT2D eigenvalue weighted by Crippen LogP contribution is -2.48. The highest BCUT2D eigenvalue weighted by molar-refractivity contribution is 7.30. The van der Waals surface area contributed by atoms with Crippen molar-refractivity contribution in [2.75, 3.05) is 13.2 Å². The van der Waals surface area contributed by atoms with E-state index >= 15 is 0 Å². The van der Waals surface area contributed by atoms with Gasteiger partial charge >= 0.3 is 11.9 Å². The van der Waals surface area contributed by atoms with Crippen LogP contribution in [-0.2, 0) is 37.3 Å². The second-order valence-corrected chi connectivity index (χ2v) is 11.7. The third-order valence-electron chi connectivity index (χ3n) is 8.30. The molecule has 1 heterocycles. The van der Waals surface area contributed by atoms with E-state index in [1.807, 2.05) is 13.8 Å². The molecular weight excluding hydrogens is 407 g/mol. The molecule has 6 rings (SSSR count). The van der Waals surface area contributed by atoms with E-state index in [1.165, 1.54) is 52.3 Å². The molecule has 0 saturated heterocycles. The fourth-order valence-corrected chi connectivity index (χ4v) is 8.64. The van der Waals surface area contributed by atoms with E-state index in [1.54, 1.807) is 5.30 Å². The molecule has 1 aromatic rings. The molecule has 4 fully saturated rings. The van der Waals surface area contributed by atoms with Crippen LogP contribution >= 0.6 is 8.19 Å². The van der Waals surface area contributed by atoms with Crippen LogP contribution in [0.15, 0.2) is 11.9 Å². The zero-order chi connectivity index (χ0) is 21.6. The second kappa shape index (κ2) is 8.18. The summed E-state index contributed by atoms with van der Waals surface area (Å²) in [5.41, 5.74) is 1.49. The third-order valence-corrected chi connectivity index (χ3v) is 9.63. The van der Waals surface area contributed by atoms with E-state index in [0.717, 1.165) is 36.2 Å². The van der Waals surface area contributed by atoms with E-state index < -0.39 is 17.4 Å². The van der Waals surface area contributed by atoms with Crippen LogP contribution in [0, 0.1) is 23.2 Å². The standard InChI is InChI=1S/C26H35O4P/c1-3-5-29-23(27)26(24(28)30-6-4-2)14-20-10-22(31-16-21(20)15-26)25-11-17-7-18(12-25)9-19(8-17)13-25/h10,16-19H,3-9,11-15H2,1-2H3. The molecule has 0 radical (unpaired) electrons. The Bertz CT molecular complexity index is 821. The van der Waals surface area contributed by atoms with Crippen LogP contribution in [0.5, 0.6) is 0 Å². The Labute approximate surface area is 187 Å². The topological polar surface area (TPSA) is 52.6 Å². The van der Waals surface area contributed by atoms with Crippen LogP contribution in [0.2, 0.25) is 0 Å². The molecule has 0 atom stereocenters. The summed E-state index contributed by atoms with van der Waals surface area (Å²) >= 11 is 0. The molecule has 5 aliphatic carbocycles. The molecule has 0 amide bonds. The van der Waals surface area contributed by atoms with E-state index in [0.29, 0.717) is 31.5 Å². The molecule has 0 aliphatic heterocycles. The van der Waals surface area contributed by atoms with Gasteiger partial charge in [0.2, 0.25) is 0 Å². The lowest BCUT2D eigenvalue weighted by atomic mass is 9.49. The molecule has 5 aliphatic rings. The summed E-state index contributed by atoms with van der Waals surface area (Å²) in [5, 5.41) is 1.55. The normalized spacial score (nSPS) is 32.3. The lowest BCUT2D eigenvalue weighted by molar-refractivity contribution is -0.172. The van der Waals surface area contributed by atoms with Gasteiger partial charge in [0.15, 0.2) is 5.41 Å². The quantitative estimate of drug-likeness (QED) is 0.400. The number of carbonyl (C=O) groups is 2. The van der Waals surface area contributed by atoms with Gasteiger partial charge in [-0.15, -0.1) is 0 Å². The first-order chi connectivity index (χ1) is 15.0. The van der Waals surface area contributed by atoms with Gasteiger partial charge in [-0.2, -0.15) is 0 Å². The summed E-state index contributed by atoms with van der Waals surface area (Å²) in [6.45, 7) is 4.64. The van der Waals surface area contributed by atoms with Crippen LogP contribution < -0.4 is 0 Å². The highest BCUT2D eigenvalue weighted by Crippen LogP contribution is 2.62. The van der Waals surface area contributed by atoms with Gasteiger partial charge in [-0.1, -0.05) is 28.1 Å². The molecule has 4 nitrogen and oxygen atoms in total. The summed E-state index contributed by atoms with van der Waals surface area (Å²) in [5.74, 6) is 4.21. The maximum atomic E-state index is 13.1. The number of carbonyl (C=O) groups excluding carboxylic acids is 2. The molecule has 0 spiro atoms. The fourth-order valence-electron chi connectivity index (χ4n) is 7.31. The van der Waals surface area contributed by atoms with Crippen LogP contribution in [0.1, 0.15) is 81.6 Å². The highest BCUT2D eigenvalue weighted by Gasteiger charge is 2.55. The summed E-state index contributed by atoms with van der Waals surface area (Å²) in [6, 6.07) is 2.38. The van der Waals surface area contributed by atoms with Crippen molar-refractivity contribution in [1.29, 1.82) is 0 Å². The monoisotopic (exact) mass is 442 g/mol. The zero-order valence-electron chi connectivity index (χ0n) is 19.0. The van der Waals surface area contributed by atoms with Crippen molar-refractivity contribution in [2.45, 2.75) is 83.5 Å². The molecule has 1 aromatic heterocycles. The van der Waals surface area contributed by atoms with Crippen molar-refractivity contribution >= 4 is 20.1 Å². The summed E-state index contributed by atoms with van der Waals surface area (Å²) < 4.78 is 11.0. The minimum absolute atomic E-state index is 0.350. The Morgan fingerprint density at radius 3 is 1.94 bits per heavy atom. The molecule has 168 valence electrons. The molecule has 4 bridgehead atoms. The predicted molar refractivity (Wildman–Crippen MR) is 121 cm³/mol. The summed E-state index contributed by atoms with van der Waals surface area (Å²) in [4.78, 5) is 26.2. The molecule has 31 heavy (non-hydrogen) atoms. The zero-order valence-corrected chi connectivity index (χ0v) is 19.8. The van der Waals surface area contributed by atoms with Crippen LogP contribution in [0.4, 0.5) is 0 Å². The van der Waals surface area contributed by atoms with Gasteiger partial charge in [-0.05, 0) is 97.8 Å². The van der Waals surface area contributed by atoms with Gasteiger partial charge in [0.25, 0.3) is 0 Å². The Hall–Kier alpha value is -1.41. The first-order valence-corrected chi connectivity index (χ1v) is 13.3. The van der Waals surface area contributed by atoms with E-state index in [4.69, 9.17) is 9.47 Å². The Morgan fingerprint density at radius 2 is 1.42 bits per heavy atom. The van der Waals surface area contributed by atoms with Crippen molar-refractivity contribution in [2.24, 2.45) is 23.2 Å². The highest BCUT2D eigenvalue weighted by atomic mass is 31.0. The van der Waals surface area contributed by atoms with Gasteiger partial charge in [0.1, 0.15) is 0 Å². The third kappa shape index (κ3) is 3.63. The largest absolute Gasteiger partial charge is 0.465 e. The number of ether oxygens (including phenoxy) is 2. The summed E-state index contributed by atoms with van der Waals surface area (Å²) in [6.07, 6.45) is 10.7. The molecule has 0 unspecified atom stereocenters. The van der Waals surface area contributed by atoms with Crippen LogP contribution in [0.25, 0.3) is 0 Å². The van der Waals surface area contributed by atoms with Gasteiger partial charge in [0, 0.05) is 11.8 Å². The number of hydrogen-bond acceptors (Lipinski definition) is 4. The van der Waals surface area contributed by atoms with E-state index in [2.05, 4.69) is 11.9 Å². The van der Waals surface area contributed by atoms with Crippen molar-refractivity contribution < 1.29 is 19.1 Å². The average molecular weight is 443 g/mol. The Balaban J connectivity index is 1.43. The maximum absolute atomic E-state index is 13.1. The molecule has 0 aromatic carbocycles. The second-order valence-electron chi connectivity index (χ2n) is 10.7. The molecule has 0 N–H and O–H groups in total. The van der Waals surface area contributed by atoms with Crippen LogP contribution in [0.3, 0.4) is 0 Å². The van der Waals surface area contributed by atoms with Crippen molar-refractivity contribution in [3.8, 4) is 0 Å². The predicted octanol–water partition coefficient (Wildman–Crippen LogP) is 5.73. The van der Waals surface area contributed by atoms with Gasteiger partial charge < -0.3 is 9.47 Å². The van der Waals surface area contributed by atoms with E-state index in [-0.39, 0.29) is 0 Å². The van der Waals surface area contributed by atoms with Gasteiger partial charge in [0.05, 0.1) is 13.2 Å². The minimum atomic E-state index is -1.20. The van der Waals surface area contributed by atoms with Crippen molar-refractivity contribution in [1.82, 2.24) is 0 Å². The number of esters is 2. The number of fused-ring (bicyclic) bond motifs is 1. The molecule has 4 saturated carbocycles. The van der Waals surface area contributed by atoms with Crippen molar-refractivity contribution in [3.63, 3.8) is 0 Å². The fraction of sp³-hybridized carbons (Fsp3) is 0.731. The molecular formula is C26H35O4P. The van der Waals surface area contributed by atoms with Crippen molar-refractivity contribution in [3.05, 3.63) is 28.3 Å². The first kappa shape index (κ1) is 21.4. The van der Waals surface area contributed by atoms with Crippen LogP contribution in [-0.4, -0.2) is 25.2 Å². The summed E-state index contributed by atoms with van der Waals surface area (Å²) in [7, 11) is 1.27. The Kier molecular flexibility index (Phi) is 5.65. The first-order valence-electron chi connectivity index (χ1n) is 12.3. The lowest BCUT2D eigenvalue weighted by Gasteiger charge is -2.57. The number of hydrogen-bond donors (Lipinski definition) is 0. The molecule has 5 heteroatoms. The minimum Gasteiger partial charge on any atom is -0.465 e. The van der Waals surface area contributed by atoms with Gasteiger partial charge in [-0.3, -0.25) is 9.59 Å². The smallest absolute Gasteiger partial charge is 0.324 e. The SMILES string of the molecule is CCCOC(=O)C1(C(=O)OCCC)Cc2cpc(C34CC5CC(CC(C5)C3)C4)cc2C1.